The number of benzene rings is 1. The molecule has 1 spiro atoms. The topological polar surface area (TPSA) is 160 Å². The highest BCUT2D eigenvalue weighted by Crippen LogP contribution is 2.80. The average Bonchev–Trinajstić information content (AvgIpc) is 3.48. The van der Waals surface area contributed by atoms with Crippen molar-refractivity contribution in [1.82, 2.24) is 4.90 Å². The largest absolute Gasteiger partial charge is 0.461 e. The second kappa shape index (κ2) is 12.6. The molecule has 6 fully saturated rings. The van der Waals surface area contributed by atoms with Crippen LogP contribution in [-0.4, -0.2) is 141 Å². The Morgan fingerprint density at radius 2 is 1.70 bits per heavy atom. The zero-order valence-electron chi connectivity index (χ0n) is 29.3. The third kappa shape index (κ3) is 4.35. The van der Waals surface area contributed by atoms with Gasteiger partial charge in [0.1, 0.15) is 35.9 Å². The maximum Gasteiger partial charge on any atom is 0.338 e. The van der Waals surface area contributed by atoms with E-state index in [2.05, 4.69) is 4.90 Å². The molecule has 1 aliphatic heterocycles. The number of methoxy groups -OCH3 is 4. The summed E-state index contributed by atoms with van der Waals surface area (Å²) in [6.45, 7) is 4.48. The van der Waals surface area contributed by atoms with E-state index in [9.17, 15) is 24.6 Å². The van der Waals surface area contributed by atoms with Gasteiger partial charge in [-0.3, -0.25) is 14.5 Å². The number of alkyl halides is 1. The molecule has 50 heavy (non-hydrogen) atoms. The molecule has 5 aliphatic carbocycles. The molecule has 0 radical (unpaired) electrons. The first-order valence-corrected chi connectivity index (χ1v) is 17.9. The normalized spacial score (nSPS) is 46.7. The lowest BCUT2D eigenvalue weighted by Crippen LogP contribution is -2.81. The molecule has 0 amide bonds. The van der Waals surface area contributed by atoms with Crippen LogP contribution in [0.2, 0.25) is 0 Å². The van der Waals surface area contributed by atoms with E-state index in [1.807, 2.05) is 6.92 Å². The van der Waals surface area contributed by atoms with Crippen molar-refractivity contribution in [1.29, 1.82) is 0 Å². The van der Waals surface area contributed by atoms with E-state index >= 15 is 0 Å². The molecule has 1 heterocycles. The summed E-state index contributed by atoms with van der Waals surface area (Å²) in [6, 6.07) is 8.06. The van der Waals surface area contributed by atoms with Gasteiger partial charge in [0, 0.05) is 83.0 Å². The highest BCUT2D eigenvalue weighted by molar-refractivity contribution is 6.26. The minimum absolute atomic E-state index is 0.0335. The number of rotatable bonds is 11. The van der Waals surface area contributed by atoms with Crippen molar-refractivity contribution >= 4 is 29.5 Å². The molecule has 2 N–H and O–H groups in total. The Bertz CT molecular complexity index is 1500. The number of ether oxygens (including phenoxy) is 7. The Morgan fingerprint density at radius 3 is 2.28 bits per heavy atom. The average molecular weight is 722 g/mol. The number of fused-ring (bicyclic) bond motifs is 2. The first kappa shape index (κ1) is 36.0. The van der Waals surface area contributed by atoms with Crippen LogP contribution in [0, 0.1) is 34.5 Å². The first-order chi connectivity index (χ1) is 23.9. The maximum atomic E-state index is 13.9. The lowest BCUT2D eigenvalue weighted by atomic mass is 9.42. The van der Waals surface area contributed by atoms with E-state index in [0.717, 1.165) is 0 Å². The van der Waals surface area contributed by atoms with Gasteiger partial charge in [0.05, 0.1) is 24.4 Å². The molecule has 15 atom stereocenters. The Balaban J connectivity index is 1.52. The fourth-order valence-corrected chi connectivity index (χ4v) is 12.7. The number of aliphatic hydroxyl groups excluding tert-OH is 1. The van der Waals surface area contributed by atoms with Gasteiger partial charge in [-0.05, 0) is 31.0 Å². The highest BCUT2D eigenvalue weighted by Gasteiger charge is 2.92. The summed E-state index contributed by atoms with van der Waals surface area (Å²) in [5.41, 5.74) is -5.06. The van der Waals surface area contributed by atoms with Crippen LogP contribution in [0.4, 0.5) is 0 Å². The summed E-state index contributed by atoms with van der Waals surface area (Å²) in [5, 5.41) is 25.5. The van der Waals surface area contributed by atoms with Crippen LogP contribution in [0.15, 0.2) is 30.3 Å². The SMILES string of the molecule is CCN1C[C@]2(COC)[C@H]3[C@@H](OC)[C@H]4[C@@H]1[C@]3([C@@H](OC)C[C@H]2OC(=O)CCl)[C@@H]1C[C@@]2(O)[C@H](OC(=O)c3ccccc3)[C@H]1[C@@]4(OC(C)=O)[C@@H](O)[C@@H]2OC. The molecule has 14 heteroatoms. The minimum atomic E-state index is -1.88. The third-order valence-corrected chi connectivity index (χ3v) is 13.7. The molecule has 13 nitrogen and oxygen atoms in total. The monoisotopic (exact) mass is 721 g/mol. The van der Waals surface area contributed by atoms with Crippen LogP contribution in [0.25, 0.3) is 0 Å². The number of hydrogen-bond acceptors (Lipinski definition) is 13. The number of nitrogens with zero attached hydrogens (tertiary/aromatic N) is 1. The zero-order valence-corrected chi connectivity index (χ0v) is 30.0. The van der Waals surface area contributed by atoms with Crippen LogP contribution in [0.1, 0.15) is 37.0 Å². The number of hydrogen-bond donors (Lipinski definition) is 2. The van der Waals surface area contributed by atoms with Gasteiger partial charge in [0.15, 0.2) is 5.60 Å². The Morgan fingerprint density at radius 1 is 0.980 bits per heavy atom. The number of carbonyl (C=O) groups is 3. The van der Waals surface area contributed by atoms with Gasteiger partial charge in [-0.1, -0.05) is 25.1 Å². The van der Waals surface area contributed by atoms with E-state index in [0.29, 0.717) is 19.5 Å². The Hall–Kier alpha value is -2.36. The predicted molar refractivity (Wildman–Crippen MR) is 175 cm³/mol. The van der Waals surface area contributed by atoms with E-state index in [-0.39, 0.29) is 24.5 Å². The lowest BCUT2D eigenvalue weighted by molar-refractivity contribution is -0.322. The van der Waals surface area contributed by atoms with E-state index in [1.54, 1.807) is 51.7 Å². The van der Waals surface area contributed by atoms with E-state index in [1.165, 1.54) is 14.0 Å². The number of esters is 3. The van der Waals surface area contributed by atoms with Gasteiger partial charge in [0.25, 0.3) is 0 Å². The molecule has 7 rings (SSSR count). The van der Waals surface area contributed by atoms with Crippen molar-refractivity contribution in [3.63, 3.8) is 0 Å². The number of likely N-dealkylation sites (tertiary alicyclic amines) is 1. The highest BCUT2D eigenvalue weighted by atomic mass is 35.5. The maximum absolute atomic E-state index is 13.9. The zero-order chi connectivity index (χ0) is 36.0. The Labute approximate surface area is 296 Å². The summed E-state index contributed by atoms with van der Waals surface area (Å²) >= 11 is 5.99. The van der Waals surface area contributed by atoms with Crippen molar-refractivity contribution in [3.8, 4) is 0 Å². The molecule has 0 aromatic heterocycles. The van der Waals surface area contributed by atoms with E-state index in [4.69, 9.17) is 44.8 Å². The number of carbonyl (C=O) groups excluding carboxylic acids is 3. The van der Waals surface area contributed by atoms with Crippen LogP contribution in [0.3, 0.4) is 0 Å². The molecule has 0 unspecified atom stereocenters. The molecule has 1 aromatic carbocycles. The van der Waals surface area contributed by atoms with Crippen molar-refractivity contribution in [3.05, 3.63) is 35.9 Å². The van der Waals surface area contributed by atoms with Gasteiger partial charge in [0.2, 0.25) is 0 Å². The van der Waals surface area contributed by atoms with Gasteiger partial charge in [-0.25, -0.2) is 4.79 Å². The van der Waals surface area contributed by atoms with Crippen LogP contribution < -0.4 is 0 Å². The molecule has 1 saturated heterocycles. The quantitative estimate of drug-likeness (QED) is 0.192. The number of halogens is 1. The Kier molecular flexibility index (Phi) is 9.11. The van der Waals surface area contributed by atoms with Gasteiger partial charge in [-0.15, -0.1) is 11.6 Å². The fraction of sp³-hybridized carbons (Fsp3) is 0.750. The summed E-state index contributed by atoms with van der Waals surface area (Å²) in [6.07, 6.45) is -5.73. The second-order valence-corrected chi connectivity index (χ2v) is 15.3. The van der Waals surface area contributed by atoms with E-state index < -0.39 is 106 Å². The summed E-state index contributed by atoms with van der Waals surface area (Å²) in [5.74, 6) is -4.87. The third-order valence-electron chi connectivity index (χ3n) is 13.5. The second-order valence-electron chi connectivity index (χ2n) is 15.0. The molecular weight excluding hydrogens is 674 g/mol. The standard InChI is InChI=1S/C36H48ClNO12/c1-7-38-16-33(17-44-3)21(48-23(40)15-37)13-22(45-4)35-20-14-34(43)30(49-32(42)19-11-9-8-10-12-19)24(20)36(50-18(2)39,29(41)31(34)47-6)25(28(35)38)26(46-5)27(33)35/h8-12,20-22,24-31,41,43H,7,13-17H2,1-6H3/t20-,21-,22+,24+,25+,26+,27-,28-,29+,30-,31+,33-,34-,35+,36+/m1/s1. The lowest BCUT2D eigenvalue weighted by Gasteiger charge is -2.70. The van der Waals surface area contributed by atoms with Crippen LogP contribution in [-0.2, 0) is 42.7 Å². The van der Waals surface area contributed by atoms with Crippen molar-refractivity contribution in [2.24, 2.45) is 34.5 Å². The number of piperidine rings is 1. The first-order valence-electron chi connectivity index (χ1n) is 17.4. The fourth-order valence-electron chi connectivity index (χ4n) is 12.6. The van der Waals surface area contributed by atoms with Crippen LogP contribution in [0.5, 0.6) is 0 Å². The smallest absolute Gasteiger partial charge is 0.338 e. The van der Waals surface area contributed by atoms with Crippen molar-refractivity contribution in [2.45, 2.75) is 80.6 Å². The predicted octanol–water partition coefficient (Wildman–Crippen LogP) is 1.44. The molecular formula is C36H48ClNO12. The van der Waals surface area contributed by atoms with Crippen molar-refractivity contribution < 1.29 is 57.8 Å². The van der Waals surface area contributed by atoms with Crippen molar-refractivity contribution in [2.75, 3.05) is 54.0 Å². The minimum Gasteiger partial charge on any atom is -0.461 e. The molecule has 276 valence electrons. The number of aliphatic hydroxyl groups is 2. The molecule has 7 bridgehead atoms. The summed E-state index contributed by atoms with van der Waals surface area (Å²) in [7, 11) is 6.19. The van der Waals surface area contributed by atoms with Gasteiger partial charge < -0.3 is 43.4 Å². The molecule has 1 aromatic rings. The summed E-state index contributed by atoms with van der Waals surface area (Å²) < 4.78 is 44.0. The van der Waals surface area contributed by atoms with Gasteiger partial charge in [-0.2, -0.15) is 0 Å². The van der Waals surface area contributed by atoms with Crippen LogP contribution >= 0.6 is 11.6 Å². The molecule has 6 aliphatic rings. The summed E-state index contributed by atoms with van der Waals surface area (Å²) in [4.78, 5) is 42.4. The molecule has 5 saturated carbocycles. The van der Waals surface area contributed by atoms with Gasteiger partial charge >= 0.3 is 17.9 Å².